The van der Waals surface area contributed by atoms with E-state index >= 15 is 0 Å². The van der Waals surface area contributed by atoms with Crippen LogP contribution in [-0.4, -0.2) is 43.8 Å². The summed E-state index contributed by atoms with van der Waals surface area (Å²) in [4.78, 5) is 17.1. The molecule has 4 heteroatoms. The summed E-state index contributed by atoms with van der Waals surface area (Å²) in [6.07, 6.45) is 3.22. The molecule has 0 aromatic carbocycles. The lowest BCUT2D eigenvalue weighted by Gasteiger charge is -2.10. The van der Waals surface area contributed by atoms with Crippen molar-refractivity contribution in [2.24, 2.45) is 4.99 Å². The Hall–Kier alpha value is -1.32. The molecule has 0 aliphatic heterocycles. The van der Waals surface area contributed by atoms with E-state index in [0.29, 0.717) is 6.54 Å². The van der Waals surface area contributed by atoms with Gasteiger partial charge in [0.1, 0.15) is 0 Å². The van der Waals surface area contributed by atoms with Crippen molar-refractivity contribution in [2.45, 2.75) is 19.8 Å². The van der Waals surface area contributed by atoms with Crippen LogP contribution < -0.4 is 5.32 Å². The van der Waals surface area contributed by atoms with E-state index < -0.39 is 0 Å². The fourth-order valence-electron chi connectivity index (χ4n) is 0.903. The van der Waals surface area contributed by atoms with Crippen molar-refractivity contribution < 1.29 is 4.79 Å². The predicted molar refractivity (Wildman–Crippen MR) is 64.1 cm³/mol. The number of carbonyl (C=O) groups is 1. The number of nitrogens with zero attached hydrogens (tertiary/aromatic N) is 2. The second-order valence-corrected chi connectivity index (χ2v) is 3.53. The quantitative estimate of drug-likeness (QED) is 0.309. The van der Waals surface area contributed by atoms with Crippen molar-refractivity contribution in [1.29, 1.82) is 0 Å². The summed E-state index contributed by atoms with van der Waals surface area (Å²) < 4.78 is 0. The lowest BCUT2D eigenvalue weighted by atomic mass is 10.3. The minimum atomic E-state index is -0.108. The van der Waals surface area contributed by atoms with Gasteiger partial charge < -0.3 is 10.2 Å². The van der Waals surface area contributed by atoms with Gasteiger partial charge in [0.25, 0.3) is 0 Å². The lowest BCUT2D eigenvalue weighted by molar-refractivity contribution is -0.116. The second kappa shape index (κ2) is 8.03. The monoisotopic (exact) mass is 211 g/mol. The topological polar surface area (TPSA) is 44.7 Å². The SMILES string of the molecule is C=CC(=O)NCCCC/N=C(\C)N(C)C. The van der Waals surface area contributed by atoms with Crippen molar-refractivity contribution in [1.82, 2.24) is 10.2 Å². The van der Waals surface area contributed by atoms with E-state index in [-0.39, 0.29) is 5.91 Å². The van der Waals surface area contributed by atoms with Crippen LogP contribution >= 0.6 is 0 Å². The number of hydrogen-bond donors (Lipinski definition) is 1. The third-order valence-corrected chi connectivity index (χ3v) is 2.06. The molecule has 0 aromatic rings. The highest BCUT2D eigenvalue weighted by Gasteiger charge is 1.94. The van der Waals surface area contributed by atoms with Crippen LogP contribution in [0, 0.1) is 0 Å². The molecule has 86 valence electrons. The zero-order chi connectivity index (χ0) is 11.7. The molecule has 0 spiro atoms. The number of nitrogens with one attached hydrogen (secondary N) is 1. The molecule has 0 radical (unpaired) electrons. The van der Waals surface area contributed by atoms with Crippen molar-refractivity contribution in [2.75, 3.05) is 27.2 Å². The summed E-state index contributed by atoms with van der Waals surface area (Å²) in [5, 5.41) is 2.73. The largest absolute Gasteiger partial charge is 0.367 e. The summed E-state index contributed by atoms with van der Waals surface area (Å²) in [6, 6.07) is 0. The normalized spacial score (nSPS) is 11.0. The van der Waals surface area contributed by atoms with E-state index in [4.69, 9.17) is 0 Å². The van der Waals surface area contributed by atoms with Crippen LogP contribution in [0.1, 0.15) is 19.8 Å². The van der Waals surface area contributed by atoms with Crippen LogP contribution in [0.5, 0.6) is 0 Å². The van der Waals surface area contributed by atoms with Gasteiger partial charge in [0.2, 0.25) is 5.91 Å². The number of unbranched alkanes of at least 4 members (excludes halogenated alkanes) is 1. The Balaban J connectivity index is 3.43. The summed E-state index contributed by atoms with van der Waals surface area (Å²) in [5.41, 5.74) is 0. The van der Waals surface area contributed by atoms with Crippen molar-refractivity contribution in [3.8, 4) is 0 Å². The molecule has 0 aromatic heterocycles. The van der Waals surface area contributed by atoms with Gasteiger partial charge in [-0.05, 0) is 25.8 Å². The average molecular weight is 211 g/mol. The van der Waals surface area contributed by atoms with Gasteiger partial charge in [0.15, 0.2) is 0 Å². The average Bonchev–Trinajstić information content (AvgIpc) is 2.22. The van der Waals surface area contributed by atoms with Gasteiger partial charge in [0.05, 0.1) is 5.84 Å². The molecule has 0 saturated heterocycles. The van der Waals surface area contributed by atoms with Gasteiger partial charge in [-0.15, -0.1) is 0 Å². The van der Waals surface area contributed by atoms with Crippen LogP contribution in [0.15, 0.2) is 17.6 Å². The van der Waals surface area contributed by atoms with E-state index in [9.17, 15) is 4.79 Å². The minimum Gasteiger partial charge on any atom is -0.367 e. The fraction of sp³-hybridized carbons (Fsp3) is 0.636. The molecule has 15 heavy (non-hydrogen) atoms. The number of hydrogen-bond acceptors (Lipinski definition) is 2. The maximum atomic E-state index is 10.8. The van der Waals surface area contributed by atoms with Crippen molar-refractivity contribution in [3.05, 3.63) is 12.7 Å². The molecule has 0 heterocycles. The molecule has 0 aliphatic carbocycles. The van der Waals surface area contributed by atoms with E-state index in [1.54, 1.807) is 0 Å². The summed E-state index contributed by atoms with van der Waals surface area (Å²) in [7, 11) is 3.95. The maximum Gasteiger partial charge on any atom is 0.243 e. The summed E-state index contributed by atoms with van der Waals surface area (Å²) in [6.45, 7) is 6.87. The van der Waals surface area contributed by atoms with E-state index in [2.05, 4.69) is 16.9 Å². The Labute approximate surface area is 92.1 Å². The Morgan fingerprint density at radius 1 is 1.47 bits per heavy atom. The van der Waals surface area contributed by atoms with Crippen LogP contribution in [0.3, 0.4) is 0 Å². The predicted octanol–water partition coefficient (Wildman–Crippen LogP) is 1.05. The third kappa shape index (κ3) is 7.73. The first-order valence-electron chi connectivity index (χ1n) is 5.16. The number of aliphatic imine (C=N–C) groups is 1. The molecule has 0 rings (SSSR count). The molecule has 1 N–H and O–H groups in total. The number of rotatable bonds is 6. The molecule has 0 bridgehead atoms. The number of amides is 1. The van der Waals surface area contributed by atoms with Crippen LogP contribution in [0.25, 0.3) is 0 Å². The molecule has 4 nitrogen and oxygen atoms in total. The molecular weight excluding hydrogens is 190 g/mol. The number of amidine groups is 1. The van der Waals surface area contributed by atoms with Gasteiger partial charge >= 0.3 is 0 Å². The summed E-state index contributed by atoms with van der Waals surface area (Å²) >= 11 is 0. The van der Waals surface area contributed by atoms with Crippen LogP contribution in [0.4, 0.5) is 0 Å². The zero-order valence-electron chi connectivity index (χ0n) is 9.92. The molecular formula is C11H21N3O. The van der Waals surface area contributed by atoms with Gasteiger partial charge in [-0.2, -0.15) is 0 Å². The highest BCUT2D eigenvalue weighted by molar-refractivity contribution is 5.86. The zero-order valence-corrected chi connectivity index (χ0v) is 9.92. The second-order valence-electron chi connectivity index (χ2n) is 3.53. The van der Waals surface area contributed by atoms with Crippen LogP contribution in [-0.2, 0) is 4.79 Å². The maximum absolute atomic E-state index is 10.8. The van der Waals surface area contributed by atoms with E-state index in [1.165, 1.54) is 6.08 Å². The molecule has 0 atom stereocenters. The Kier molecular flexibility index (Phi) is 7.32. The minimum absolute atomic E-state index is 0.108. The Morgan fingerprint density at radius 3 is 2.67 bits per heavy atom. The molecule has 0 aliphatic rings. The molecule has 0 unspecified atom stereocenters. The standard InChI is InChI=1S/C11H21N3O/c1-5-11(15)13-9-7-6-8-12-10(2)14(3)4/h5H,1,6-9H2,2-4H3,(H,13,15)/b12-10+. The first-order chi connectivity index (χ1) is 7.07. The van der Waals surface area contributed by atoms with E-state index in [0.717, 1.165) is 25.2 Å². The Morgan fingerprint density at radius 2 is 2.13 bits per heavy atom. The van der Waals surface area contributed by atoms with Gasteiger partial charge in [-0.3, -0.25) is 9.79 Å². The highest BCUT2D eigenvalue weighted by atomic mass is 16.1. The van der Waals surface area contributed by atoms with Gasteiger partial charge in [-0.1, -0.05) is 6.58 Å². The third-order valence-electron chi connectivity index (χ3n) is 2.06. The number of carbonyl (C=O) groups excluding carboxylic acids is 1. The smallest absolute Gasteiger partial charge is 0.243 e. The fourth-order valence-corrected chi connectivity index (χ4v) is 0.903. The highest BCUT2D eigenvalue weighted by Crippen LogP contribution is 1.90. The van der Waals surface area contributed by atoms with E-state index in [1.807, 2.05) is 25.9 Å². The first kappa shape index (κ1) is 13.7. The first-order valence-corrected chi connectivity index (χ1v) is 5.16. The van der Waals surface area contributed by atoms with Gasteiger partial charge in [0, 0.05) is 27.2 Å². The van der Waals surface area contributed by atoms with Crippen molar-refractivity contribution >= 4 is 11.7 Å². The summed E-state index contributed by atoms with van der Waals surface area (Å²) in [5.74, 6) is 0.924. The molecule has 0 fully saturated rings. The van der Waals surface area contributed by atoms with Gasteiger partial charge in [-0.25, -0.2) is 0 Å². The van der Waals surface area contributed by atoms with Crippen molar-refractivity contribution in [3.63, 3.8) is 0 Å². The molecule has 0 saturated carbocycles. The molecule has 1 amide bonds. The Bertz CT molecular complexity index is 234. The lowest BCUT2D eigenvalue weighted by Crippen LogP contribution is -2.22. The van der Waals surface area contributed by atoms with Crippen LogP contribution in [0.2, 0.25) is 0 Å².